The number of hydrogen-bond acceptors (Lipinski definition) is 5. The molecule has 0 aromatic heterocycles. The Morgan fingerprint density at radius 2 is 1.53 bits per heavy atom. The molecule has 182 valence electrons. The molecule has 7 heteroatoms. The monoisotopic (exact) mass is 464 g/mol. The lowest BCUT2D eigenvalue weighted by Gasteiger charge is -2.27. The molecule has 1 aliphatic rings. The molecular weight excluding hydrogens is 428 g/mol. The summed E-state index contributed by atoms with van der Waals surface area (Å²) in [7, 11) is 0. The second kappa shape index (κ2) is 11.3. The molecule has 0 unspecified atom stereocenters. The Labute approximate surface area is 202 Å². The maximum Gasteiger partial charge on any atom is 0.261 e. The molecule has 0 atom stereocenters. The number of likely N-dealkylation sites (N-methyl/N-ethyl adjacent to an activating group) is 1. The Kier molecular flexibility index (Phi) is 8.45. The smallest absolute Gasteiger partial charge is 0.261 e. The Morgan fingerprint density at radius 3 is 2.09 bits per heavy atom. The van der Waals surface area contributed by atoms with Crippen LogP contribution in [-0.4, -0.2) is 66.8 Å². The molecule has 1 aliphatic heterocycles. The second-order valence-electron chi connectivity index (χ2n) is 9.44. The first-order valence-electron chi connectivity index (χ1n) is 12.1. The van der Waals surface area contributed by atoms with Crippen LogP contribution in [0.25, 0.3) is 0 Å². The number of amides is 3. The first-order chi connectivity index (χ1) is 16.3. The predicted octanol–water partition coefficient (Wildman–Crippen LogP) is 3.88. The Morgan fingerprint density at radius 1 is 0.941 bits per heavy atom. The predicted molar refractivity (Wildman–Crippen MR) is 135 cm³/mol. The fourth-order valence-corrected chi connectivity index (χ4v) is 4.00. The van der Waals surface area contributed by atoms with Crippen molar-refractivity contribution in [1.82, 2.24) is 15.1 Å². The zero-order valence-corrected chi connectivity index (χ0v) is 20.7. The van der Waals surface area contributed by atoms with Gasteiger partial charge in [0.1, 0.15) is 0 Å². The molecule has 2 aromatic carbocycles. The maximum absolute atomic E-state index is 12.6. The van der Waals surface area contributed by atoms with Gasteiger partial charge >= 0.3 is 0 Å². The van der Waals surface area contributed by atoms with Crippen LogP contribution >= 0.6 is 0 Å². The summed E-state index contributed by atoms with van der Waals surface area (Å²) >= 11 is 0. The number of fused-ring (bicyclic) bond motifs is 1. The van der Waals surface area contributed by atoms with E-state index in [1.54, 1.807) is 24.3 Å². The van der Waals surface area contributed by atoms with E-state index in [1.807, 2.05) is 24.3 Å². The molecule has 0 saturated heterocycles. The molecule has 0 spiro atoms. The van der Waals surface area contributed by atoms with Gasteiger partial charge in [-0.2, -0.15) is 0 Å². The van der Waals surface area contributed by atoms with E-state index >= 15 is 0 Å². The molecular formula is C27H36N4O3. The fourth-order valence-electron chi connectivity index (χ4n) is 4.00. The minimum Gasteiger partial charge on any atom is -0.385 e. The van der Waals surface area contributed by atoms with Crippen molar-refractivity contribution in [3.63, 3.8) is 0 Å². The Bertz CT molecular complexity index is 978. The molecule has 1 heterocycles. The van der Waals surface area contributed by atoms with Gasteiger partial charge in [-0.25, -0.2) is 0 Å². The van der Waals surface area contributed by atoms with Gasteiger partial charge < -0.3 is 15.5 Å². The zero-order chi connectivity index (χ0) is 24.7. The SMILES string of the molecule is CCN(CC)CCNC(=O)c1ccc(NCC(C)(C)CCN2C(=O)c3ccccc3C2=O)cc1. The molecule has 34 heavy (non-hydrogen) atoms. The van der Waals surface area contributed by atoms with Gasteiger partial charge in [-0.05, 0) is 61.3 Å². The van der Waals surface area contributed by atoms with Gasteiger partial charge in [0.05, 0.1) is 11.1 Å². The van der Waals surface area contributed by atoms with Crippen LogP contribution in [0.2, 0.25) is 0 Å². The molecule has 0 radical (unpaired) electrons. The molecule has 0 fully saturated rings. The number of carbonyl (C=O) groups excluding carboxylic acids is 3. The fraction of sp³-hybridized carbons (Fsp3) is 0.444. The highest BCUT2D eigenvalue weighted by molar-refractivity contribution is 6.21. The number of nitrogens with zero attached hydrogens (tertiary/aromatic N) is 2. The van der Waals surface area contributed by atoms with Crippen LogP contribution < -0.4 is 10.6 Å². The number of carbonyl (C=O) groups is 3. The molecule has 3 rings (SSSR count). The second-order valence-corrected chi connectivity index (χ2v) is 9.44. The van der Waals surface area contributed by atoms with Gasteiger partial charge in [0.25, 0.3) is 17.7 Å². The van der Waals surface area contributed by atoms with Gasteiger partial charge in [-0.1, -0.05) is 39.8 Å². The molecule has 2 N–H and O–H groups in total. The molecule has 2 aromatic rings. The summed E-state index contributed by atoms with van der Waals surface area (Å²) in [6, 6.07) is 14.4. The van der Waals surface area contributed by atoms with E-state index in [1.165, 1.54) is 4.90 Å². The minimum absolute atomic E-state index is 0.0695. The zero-order valence-electron chi connectivity index (χ0n) is 20.7. The van der Waals surface area contributed by atoms with E-state index in [2.05, 4.69) is 43.2 Å². The topological polar surface area (TPSA) is 81.8 Å². The van der Waals surface area contributed by atoms with Crippen LogP contribution in [0.5, 0.6) is 0 Å². The van der Waals surface area contributed by atoms with Crippen LogP contribution in [0.3, 0.4) is 0 Å². The molecule has 0 aliphatic carbocycles. The van der Waals surface area contributed by atoms with Crippen molar-refractivity contribution in [3.05, 3.63) is 65.2 Å². The van der Waals surface area contributed by atoms with Crippen LogP contribution in [0.4, 0.5) is 5.69 Å². The van der Waals surface area contributed by atoms with Crippen molar-refractivity contribution >= 4 is 23.4 Å². The summed E-state index contributed by atoms with van der Waals surface area (Å²) in [5.74, 6) is -0.495. The number of hydrogen-bond donors (Lipinski definition) is 2. The van der Waals surface area contributed by atoms with Gasteiger partial charge in [0, 0.05) is 37.4 Å². The van der Waals surface area contributed by atoms with Gasteiger partial charge in [0.2, 0.25) is 0 Å². The molecule has 0 saturated carbocycles. The van der Waals surface area contributed by atoms with E-state index in [0.29, 0.717) is 42.7 Å². The summed E-state index contributed by atoms with van der Waals surface area (Å²) in [5.41, 5.74) is 2.39. The normalized spacial score (nSPS) is 13.4. The molecule has 7 nitrogen and oxygen atoms in total. The summed E-state index contributed by atoms with van der Waals surface area (Å²) in [4.78, 5) is 41.1. The number of benzene rings is 2. The summed E-state index contributed by atoms with van der Waals surface area (Å²) in [6.45, 7) is 12.9. The first kappa shape index (κ1) is 25.4. The average Bonchev–Trinajstić information content (AvgIpc) is 3.09. The average molecular weight is 465 g/mol. The van der Waals surface area contributed by atoms with Crippen LogP contribution in [0, 0.1) is 5.41 Å². The summed E-state index contributed by atoms with van der Waals surface area (Å²) < 4.78 is 0. The molecule has 0 bridgehead atoms. The van der Waals surface area contributed by atoms with E-state index < -0.39 is 0 Å². The van der Waals surface area contributed by atoms with Gasteiger partial charge in [0.15, 0.2) is 0 Å². The standard InChI is InChI=1S/C27H36N4O3/c1-5-30(6-2)18-16-28-24(32)20-11-13-21(14-12-20)29-19-27(3,4)15-17-31-25(33)22-9-7-8-10-23(22)26(31)34/h7-14,29H,5-6,15-19H2,1-4H3,(H,28,32). The lowest BCUT2D eigenvalue weighted by molar-refractivity contribution is 0.0637. The quantitative estimate of drug-likeness (QED) is 0.466. The number of imide groups is 1. The van der Waals surface area contributed by atoms with Crippen molar-refractivity contribution in [2.24, 2.45) is 5.41 Å². The number of anilines is 1. The largest absolute Gasteiger partial charge is 0.385 e. The summed E-state index contributed by atoms with van der Waals surface area (Å²) in [5, 5.41) is 6.38. The number of nitrogens with one attached hydrogen (secondary N) is 2. The number of rotatable bonds is 12. The van der Waals surface area contributed by atoms with Crippen LogP contribution in [0.15, 0.2) is 48.5 Å². The van der Waals surface area contributed by atoms with Gasteiger partial charge in [-0.15, -0.1) is 0 Å². The Hall–Kier alpha value is -3.19. The van der Waals surface area contributed by atoms with Gasteiger partial charge in [-0.3, -0.25) is 19.3 Å². The molecule has 3 amide bonds. The third-order valence-electron chi connectivity index (χ3n) is 6.42. The lowest BCUT2D eigenvalue weighted by Crippen LogP contribution is -2.35. The highest BCUT2D eigenvalue weighted by atomic mass is 16.2. The highest BCUT2D eigenvalue weighted by Gasteiger charge is 2.35. The first-order valence-corrected chi connectivity index (χ1v) is 12.1. The minimum atomic E-state index is -0.213. The van der Waals surface area contributed by atoms with Crippen molar-refractivity contribution in [2.45, 2.75) is 34.1 Å². The van der Waals surface area contributed by atoms with E-state index in [4.69, 9.17) is 0 Å². The van der Waals surface area contributed by atoms with Crippen molar-refractivity contribution in [3.8, 4) is 0 Å². The Balaban J connectivity index is 1.46. The van der Waals surface area contributed by atoms with Crippen LogP contribution in [0.1, 0.15) is 65.2 Å². The van der Waals surface area contributed by atoms with Crippen molar-refractivity contribution < 1.29 is 14.4 Å². The maximum atomic E-state index is 12.6. The summed E-state index contributed by atoms with van der Waals surface area (Å²) in [6.07, 6.45) is 0.679. The highest BCUT2D eigenvalue weighted by Crippen LogP contribution is 2.27. The van der Waals surface area contributed by atoms with Crippen LogP contribution in [-0.2, 0) is 0 Å². The van der Waals surface area contributed by atoms with E-state index in [-0.39, 0.29) is 23.1 Å². The third-order valence-corrected chi connectivity index (χ3v) is 6.42. The third kappa shape index (κ3) is 6.23. The van der Waals surface area contributed by atoms with Crippen molar-refractivity contribution in [1.29, 1.82) is 0 Å². The van der Waals surface area contributed by atoms with Crippen molar-refractivity contribution in [2.75, 3.05) is 44.6 Å². The van der Waals surface area contributed by atoms with E-state index in [0.717, 1.165) is 25.3 Å². The lowest BCUT2D eigenvalue weighted by atomic mass is 9.89. The van der Waals surface area contributed by atoms with E-state index in [9.17, 15) is 14.4 Å².